The van der Waals surface area contributed by atoms with Gasteiger partial charge in [-0.05, 0) is 25.1 Å². The van der Waals surface area contributed by atoms with Gasteiger partial charge in [0.2, 0.25) is 5.95 Å². The molecule has 6 heteroatoms. The first-order valence-corrected chi connectivity index (χ1v) is 7.84. The van der Waals surface area contributed by atoms with E-state index in [1.165, 1.54) is 5.56 Å². The second-order valence-corrected chi connectivity index (χ2v) is 5.58. The monoisotopic (exact) mass is 314 g/mol. The molecule has 0 bridgehead atoms. The fourth-order valence-corrected chi connectivity index (χ4v) is 2.69. The number of benzene rings is 1. The molecule has 1 aromatic heterocycles. The van der Waals surface area contributed by atoms with E-state index in [1.54, 1.807) is 25.6 Å². The molecule has 0 spiro atoms. The van der Waals surface area contributed by atoms with E-state index in [4.69, 9.17) is 9.47 Å². The van der Waals surface area contributed by atoms with Gasteiger partial charge in [0, 0.05) is 49.6 Å². The SMILES string of the molecule is COc1cc2c(cc1CNCCNc1ncccn1)OC(C)C2. The number of methoxy groups -OCH3 is 1. The number of fused-ring (bicyclic) bond motifs is 1. The molecule has 2 N–H and O–H groups in total. The summed E-state index contributed by atoms with van der Waals surface area (Å²) in [5.41, 5.74) is 2.33. The van der Waals surface area contributed by atoms with Crippen molar-refractivity contribution >= 4 is 5.95 Å². The number of nitrogens with zero attached hydrogens (tertiary/aromatic N) is 2. The summed E-state index contributed by atoms with van der Waals surface area (Å²) in [5, 5.41) is 6.56. The molecule has 0 saturated carbocycles. The van der Waals surface area contributed by atoms with E-state index in [0.717, 1.165) is 43.1 Å². The molecule has 6 nitrogen and oxygen atoms in total. The van der Waals surface area contributed by atoms with Crippen molar-refractivity contribution in [2.75, 3.05) is 25.5 Å². The van der Waals surface area contributed by atoms with Gasteiger partial charge in [-0.15, -0.1) is 0 Å². The van der Waals surface area contributed by atoms with Crippen LogP contribution in [0, 0.1) is 0 Å². The van der Waals surface area contributed by atoms with E-state index >= 15 is 0 Å². The molecule has 0 saturated heterocycles. The topological polar surface area (TPSA) is 68.3 Å². The van der Waals surface area contributed by atoms with Crippen LogP contribution in [0.2, 0.25) is 0 Å². The first-order chi connectivity index (χ1) is 11.3. The van der Waals surface area contributed by atoms with Gasteiger partial charge in [-0.3, -0.25) is 0 Å². The van der Waals surface area contributed by atoms with E-state index in [2.05, 4.69) is 39.7 Å². The van der Waals surface area contributed by atoms with Crippen LogP contribution in [0.5, 0.6) is 11.5 Å². The standard InChI is InChI=1S/C17H22N4O2/c1-12-8-13-9-15(22-2)14(10-16(13)23-12)11-18-6-7-21-17-19-4-3-5-20-17/h3-5,9-10,12,18H,6-8,11H2,1-2H3,(H,19,20,21). The summed E-state index contributed by atoms with van der Waals surface area (Å²) in [7, 11) is 1.71. The Morgan fingerprint density at radius 2 is 2.09 bits per heavy atom. The van der Waals surface area contributed by atoms with Crippen LogP contribution in [-0.2, 0) is 13.0 Å². The van der Waals surface area contributed by atoms with Gasteiger partial charge in [0.1, 0.15) is 17.6 Å². The lowest BCUT2D eigenvalue weighted by atomic mass is 10.1. The molecule has 0 radical (unpaired) electrons. The van der Waals surface area contributed by atoms with E-state index in [1.807, 2.05) is 0 Å². The lowest BCUT2D eigenvalue weighted by molar-refractivity contribution is 0.254. The lowest BCUT2D eigenvalue weighted by Crippen LogP contribution is -2.22. The van der Waals surface area contributed by atoms with Gasteiger partial charge >= 0.3 is 0 Å². The van der Waals surface area contributed by atoms with Gasteiger partial charge in [-0.25, -0.2) is 9.97 Å². The fourth-order valence-electron chi connectivity index (χ4n) is 2.69. The van der Waals surface area contributed by atoms with Crippen molar-refractivity contribution in [3.8, 4) is 11.5 Å². The van der Waals surface area contributed by atoms with Crippen molar-refractivity contribution < 1.29 is 9.47 Å². The maximum Gasteiger partial charge on any atom is 0.222 e. The molecule has 2 aromatic rings. The Morgan fingerprint density at radius 3 is 2.87 bits per heavy atom. The molecule has 122 valence electrons. The average molecular weight is 314 g/mol. The Balaban J connectivity index is 1.51. The maximum absolute atomic E-state index is 5.82. The number of aromatic nitrogens is 2. The summed E-state index contributed by atoms with van der Waals surface area (Å²) in [6.07, 6.45) is 4.63. The zero-order valence-corrected chi connectivity index (χ0v) is 13.5. The van der Waals surface area contributed by atoms with Crippen LogP contribution in [0.15, 0.2) is 30.6 Å². The highest BCUT2D eigenvalue weighted by Gasteiger charge is 2.21. The van der Waals surface area contributed by atoms with Crippen LogP contribution < -0.4 is 20.1 Å². The normalized spacial score (nSPS) is 15.8. The Kier molecular flexibility index (Phi) is 4.92. The molecular formula is C17H22N4O2. The molecular weight excluding hydrogens is 292 g/mol. The third kappa shape index (κ3) is 3.90. The molecule has 1 aliphatic rings. The second kappa shape index (κ2) is 7.28. The van der Waals surface area contributed by atoms with Gasteiger partial charge in [-0.2, -0.15) is 0 Å². The molecule has 1 aromatic carbocycles. The van der Waals surface area contributed by atoms with Crippen LogP contribution in [0.1, 0.15) is 18.1 Å². The minimum atomic E-state index is 0.244. The lowest BCUT2D eigenvalue weighted by Gasteiger charge is -2.12. The number of anilines is 1. The molecule has 1 unspecified atom stereocenters. The van der Waals surface area contributed by atoms with Gasteiger partial charge < -0.3 is 20.1 Å². The highest BCUT2D eigenvalue weighted by molar-refractivity contribution is 5.48. The van der Waals surface area contributed by atoms with Gasteiger partial charge in [0.05, 0.1) is 7.11 Å². The minimum absolute atomic E-state index is 0.244. The molecule has 0 aliphatic carbocycles. The Bertz CT molecular complexity index is 649. The summed E-state index contributed by atoms with van der Waals surface area (Å²) in [4.78, 5) is 8.24. The smallest absolute Gasteiger partial charge is 0.222 e. The van der Waals surface area contributed by atoms with Crippen molar-refractivity contribution in [3.05, 3.63) is 41.7 Å². The molecule has 0 amide bonds. The highest BCUT2D eigenvalue weighted by atomic mass is 16.5. The van der Waals surface area contributed by atoms with Crippen molar-refractivity contribution in [3.63, 3.8) is 0 Å². The zero-order valence-electron chi connectivity index (χ0n) is 13.5. The summed E-state index contributed by atoms with van der Waals surface area (Å²) in [6.45, 7) is 4.37. The average Bonchev–Trinajstić information content (AvgIpc) is 2.93. The molecule has 3 rings (SSSR count). The van der Waals surface area contributed by atoms with E-state index < -0.39 is 0 Å². The predicted molar refractivity (Wildman–Crippen MR) is 89.0 cm³/mol. The summed E-state index contributed by atoms with van der Waals surface area (Å²) >= 11 is 0. The summed E-state index contributed by atoms with van der Waals surface area (Å²) < 4.78 is 11.3. The van der Waals surface area contributed by atoms with Crippen LogP contribution in [0.4, 0.5) is 5.95 Å². The van der Waals surface area contributed by atoms with Crippen molar-refractivity contribution in [1.82, 2.24) is 15.3 Å². The van der Waals surface area contributed by atoms with Crippen molar-refractivity contribution in [1.29, 1.82) is 0 Å². The number of hydrogen-bond acceptors (Lipinski definition) is 6. The quantitative estimate of drug-likeness (QED) is 0.762. The third-order valence-electron chi connectivity index (χ3n) is 3.77. The first-order valence-electron chi connectivity index (χ1n) is 7.84. The van der Waals surface area contributed by atoms with Gasteiger partial charge in [0.15, 0.2) is 0 Å². The zero-order chi connectivity index (χ0) is 16.1. The number of hydrogen-bond donors (Lipinski definition) is 2. The molecule has 1 aliphatic heterocycles. The van der Waals surface area contributed by atoms with Crippen LogP contribution in [0.3, 0.4) is 0 Å². The van der Waals surface area contributed by atoms with E-state index in [-0.39, 0.29) is 6.10 Å². The van der Waals surface area contributed by atoms with Crippen molar-refractivity contribution in [2.45, 2.75) is 26.0 Å². The van der Waals surface area contributed by atoms with E-state index in [0.29, 0.717) is 5.95 Å². The van der Waals surface area contributed by atoms with Crippen LogP contribution in [-0.4, -0.2) is 36.3 Å². The largest absolute Gasteiger partial charge is 0.496 e. The maximum atomic E-state index is 5.82. The molecule has 23 heavy (non-hydrogen) atoms. The molecule has 1 atom stereocenters. The Morgan fingerprint density at radius 1 is 1.26 bits per heavy atom. The molecule has 0 fully saturated rings. The Labute approximate surface area is 136 Å². The number of nitrogens with one attached hydrogen (secondary N) is 2. The third-order valence-corrected chi connectivity index (χ3v) is 3.77. The second-order valence-electron chi connectivity index (χ2n) is 5.58. The summed E-state index contributed by atoms with van der Waals surface area (Å²) in [6, 6.07) is 5.97. The molecule has 2 heterocycles. The van der Waals surface area contributed by atoms with Gasteiger partial charge in [0.25, 0.3) is 0 Å². The highest BCUT2D eigenvalue weighted by Crippen LogP contribution is 2.34. The van der Waals surface area contributed by atoms with Crippen molar-refractivity contribution in [2.24, 2.45) is 0 Å². The van der Waals surface area contributed by atoms with E-state index in [9.17, 15) is 0 Å². The minimum Gasteiger partial charge on any atom is -0.496 e. The first kappa shape index (κ1) is 15.6. The van der Waals surface area contributed by atoms with Crippen LogP contribution >= 0.6 is 0 Å². The Hall–Kier alpha value is -2.34. The predicted octanol–water partition coefficient (Wildman–Crippen LogP) is 2.01. The van der Waals surface area contributed by atoms with Gasteiger partial charge in [-0.1, -0.05) is 0 Å². The summed E-state index contributed by atoms with van der Waals surface area (Å²) in [5.74, 6) is 2.53. The number of ether oxygens (including phenoxy) is 2. The van der Waals surface area contributed by atoms with Crippen LogP contribution in [0.25, 0.3) is 0 Å². The number of rotatable bonds is 7. The fraction of sp³-hybridized carbons (Fsp3) is 0.412.